The summed E-state index contributed by atoms with van der Waals surface area (Å²) in [4.78, 5) is 36.3. The molecule has 0 bridgehead atoms. The lowest BCUT2D eigenvalue weighted by atomic mass is 10.2. The van der Waals surface area contributed by atoms with Gasteiger partial charge in [0.25, 0.3) is 11.8 Å². The van der Waals surface area contributed by atoms with E-state index < -0.39 is 17.8 Å². The van der Waals surface area contributed by atoms with Gasteiger partial charge in [-0.25, -0.2) is 4.79 Å². The number of carbonyl (C=O) groups excluding carboxylic acids is 3. The molecule has 0 radical (unpaired) electrons. The molecule has 0 aromatic heterocycles. The first kappa shape index (κ1) is 21.6. The van der Waals surface area contributed by atoms with Gasteiger partial charge in [-0.2, -0.15) is 0 Å². The van der Waals surface area contributed by atoms with E-state index >= 15 is 0 Å². The van der Waals surface area contributed by atoms with Crippen LogP contribution in [0.2, 0.25) is 5.02 Å². The molecular weight excluding hydrogens is 420 g/mol. The van der Waals surface area contributed by atoms with Gasteiger partial charge in [0.05, 0.1) is 11.1 Å². The van der Waals surface area contributed by atoms with E-state index in [-0.39, 0.29) is 17.1 Å². The number of hydrogen-bond acceptors (Lipinski definition) is 5. The summed E-state index contributed by atoms with van der Waals surface area (Å²) in [5.41, 5.74) is 5.24. The minimum Gasteiger partial charge on any atom is -0.507 e. The molecule has 3 aromatic rings. The molecule has 0 aliphatic carbocycles. The SMILES string of the molecule is O=C(/C=C/c1ccccc1OC(=O)c1ccc(Cl)cc1)NNC(=O)c1ccccc1O. The quantitative estimate of drug-likeness (QED) is 0.244. The average Bonchev–Trinajstić information content (AvgIpc) is 2.77. The summed E-state index contributed by atoms with van der Waals surface area (Å²) in [6.45, 7) is 0. The predicted octanol–water partition coefficient (Wildman–Crippen LogP) is 3.74. The molecule has 3 aromatic carbocycles. The summed E-state index contributed by atoms with van der Waals surface area (Å²) in [6.07, 6.45) is 2.60. The first-order valence-corrected chi connectivity index (χ1v) is 9.45. The van der Waals surface area contributed by atoms with Crippen molar-refractivity contribution in [2.45, 2.75) is 0 Å². The number of amides is 2. The number of esters is 1. The van der Waals surface area contributed by atoms with Crippen molar-refractivity contribution in [2.24, 2.45) is 0 Å². The number of ether oxygens (including phenoxy) is 1. The first-order chi connectivity index (χ1) is 14.9. The van der Waals surface area contributed by atoms with Crippen molar-refractivity contribution in [2.75, 3.05) is 0 Å². The number of carbonyl (C=O) groups is 3. The van der Waals surface area contributed by atoms with Crippen molar-refractivity contribution in [3.05, 3.63) is 101 Å². The maximum atomic E-state index is 12.3. The van der Waals surface area contributed by atoms with Gasteiger partial charge in [0.1, 0.15) is 11.5 Å². The van der Waals surface area contributed by atoms with E-state index in [0.29, 0.717) is 16.1 Å². The van der Waals surface area contributed by atoms with Crippen molar-refractivity contribution in [3.63, 3.8) is 0 Å². The van der Waals surface area contributed by atoms with E-state index in [2.05, 4.69) is 10.9 Å². The zero-order valence-electron chi connectivity index (χ0n) is 16.0. The molecule has 156 valence electrons. The average molecular weight is 437 g/mol. The van der Waals surface area contributed by atoms with E-state index in [1.807, 2.05) is 0 Å². The number of rotatable bonds is 5. The molecule has 8 heteroatoms. The Balaban J connectivity index is 1.62. The lowest BCUT2D eigenvalue weighted by molar-refractivity contribution is -0.117. The summed E-state index contributed by atoms with van der Waals surface area (Å²) in [7, 11) is 0. The summed E-state index contributed by atoms with van der Waals surface area (Å²) in [5, 5.41) is 10.2. The molecule has 0 saturated heterocycles. The van der Waals surface area contributed by atoms with Gasteiger partial charge in [-0.1, -0.05) is 41.9 Å². The Labute approximate surface area is 182 Å². The fourth-order valence-electron chi connectivity index (χ4n) is 2.51. The molecule has 0 aliphatic rings. The van der Waals surface area contributed by atoms with Crippen molar-refractivity contribution >= 4 is 35.5 Å². The van der Waals surface area contributed by atoms with Crippen LogP contribution in [0.5, 0.6) is 11.5 Å². The minimum absolute atomic E-state index is 0.0197. The third-order valence-corrected chi connectivity index (χ3v) is 4.32. The van der Waals surface area contributed by atoms with Gasteiger partial charge < -0.3 is 9.84 Å². The number of hydrogen-bond donors (Lipinski definition) is 3. The van der Waals surface area contributed by atoms with Gasteiger partial charge in [0, 0.05) is 16.7 Å². The van der Waals surface area contributed by atoms with Crippen LogP contribution in [0.25, 0.3) is 6.08 Å². The predicted molar refractivity (Wildman–Crippen MR) is 116 cm³/mol. The number of phenols is 1. The molecule has 3 rings (SSSR count). The molecule has 0 spiro atoms. The third-order valence-electron chi connectivity index (χ3n) is 4.06. The number of hydrazine groups is 1. The molecule has 0 aliphatic heterocycles. The van der Waals surface area contributed by atoms with Gasteiger partial charge in [0.15, 0.2) is 0 Å². The molecule has 31 heavy (non-hydrogen) atoms. The number of para-hydroxylation sites is 2. The Morgan fingerprint density at radius 3 is 2.29 bits per heavy atom. The Morgan fingerprint density at radius 2 is 1.55 bits per heavy atom. The standard InChI is InChI=1S/C23H17ClN2O5/c24-17-12-9-16(10-13-17)23(30)31-20-8-4-1-5-15(20)11-14-21(28)25-26-22(29)18-6-2-3-7-19(18)27/h1-14,27H,(H,25,28)(H,26,29)/b14-11+. The van der Waals surface area contributed by atoms with Gasteiger partial charge in [-0.05, 0) is 48.5 Å². The molecule has 2 amide bonds. The van der Waals surface area contributed by atoms with Crippen LogP contribution >= 0.6 is 11.6 Å². The molecule has 0 fully saturated rings. The van der Waals surface area contributed by atoms with Crippen LogP contribution in [0.3, 0.4) is 0 Å². The number of phenolic OH excluding ortho intramolecular Hbond substituents is 1. The second-order valence-corrected chi connectivity index (χ2v) is 6.66. The van der Waals surface area contributed by atoms with E-state index in [0.717, 1.165) is 0 Å². The van der Waals surface area contributed by atoms with Gasteiger partial charge in [-0.15, -0.1) is 0 Å². The number of aromatic hydroxyl groups is 1. The zero-order valence-corrected chi connectivity index (χ0v) is 16.8. The van der Waals surface area contributed by atoms with Crippen LogP contribution in [0.4, 0.5) is 0 Å². The van der Waals surface area contributed by atoms with E-state index in [1.165, 1.54) is 24.3 Å². The van der Waals surface area contributed by atoms with Crippen LogP contribution < -0.4 is 15.6 Å². The fraction of sp³-hybridized carbons (Fsp3) is 0. The number of halogens is 1. The monoisotopic (exact) mass is 436 g/mol. The lowest BCUT2D eigenvalue weighted by Crippen LogP contribution is -2.40. The van der Waals surface area contributed by atoms with Crippen molar-refractivity contribution in [3.8, 4) is 11.5 Å². The number of benzene rings is 3. The highest BCUT2D eigenvalue weighted by Crippen LogP contribution is 2.21. The fourth-order valence-corrected chi connectivity index (χ4v) is 2.64. The molecular formula is C23H17ClN2O5. The Hall–Kier alpha value is -4.10. The maximum Gasteiger partial charge on any atom is 0.343 e. The Bertz CT molecular complexity index is 1140. The highest BCUT2D eigenvalue weighted by Gasteiger charge is 2.12. The third kappa shape index (κ3) is 5.94. The second-order valence-electron chi connectivity index (χ2n) is 6.23. The van der Waals surface area contributed by atoms with Gasteiger partial charge in [0.2, 0.25) is 0 Å². The summed E-state index contributed by atoms with van der Waals surface area (Å²) < 4.78 is 5.41. The molecule has 0 saturated carbocycles. The van der Waals surface area contributed by atoms with Crippen LogP contribution in [0.1, 0.15) is 26.3 Å². The minimum atomic E-state index is -0.669. The van der Waals surface area contributed by atoms with Crippen LogP contribution in [0, 0.1) is 0 Å². The second kappa shape index (κ2) is 10.1. The van der Waals surface area contributed by atoms with Crippen LogP contribution in [-0.2, 0) is 4.79 Å². The van der Waals surface area contributed by atoms with E-state index in [1.54, 1.807) is 60.7 Å². The van der Waals surface area contributed by atoms with Crippen molar-refractivity contribution in [1.82, 2.24) is 10.9 Å². The summed E-state index contributed by atoms with van der Waals surface area (Å²) in [6, 6.07) is 18.8. The van der Waals surface area contributed by atoms with E-state index in [9.17, 15) is 19.5 Å². The molecule has 0 unspecified atom stereocenters. The normalized spacial score (nSPS) is 10.5. The van der Waals surface area contributed by atoms with E-state index in [4.69, 9.17) is 16.3 Å². The first-order valence-electron chi connectivity index (χ1n) is 9.07. The molecule has 3 N–H and O–H groups in total. The van der Waals surface area contributed by atoms with Gasteiger partial charge in [-0.3, -0.25) is 20.4 Å². The summed E-state index contributed by atoms with van der Waals surface area (Å²) in [5.74, 6) is -1.82. The van der Waals surface area contributed by atoms with Crippen LogP contribution in [0.15, 0.2) is 78.9 Å². The maximum absolute atomic E-state index is 12.3. The molecule has 0 heterocycles. The van der Waals surface area contributed by atoms with Crippen molar-refractivity contribution < 1.29 is 24.2 Å². The summed E-state index contributed by atoms with van der Waals surface area (Å²) >= 11 is 5.82. The van der Waals surface area contributed by atoms with Crippen LogP contribution in [-0.4, -0.2) is 22.9 Å². The van der Waals surface area contributed by atoms with Gasteiger partial charge >= 0.3 is 5.97 Å². The lowest BCUT2D eigenvalue weighted by Gasteiger charge is -2.08. The highest BCUT2D eigenvalue weighted by atomic mass is 35.5. The van der Waals surface area contributed by atoms with Crippen molar-refractivity contribution in [1.29, 1.82) is 0 Å². The smallest absolute Gasteiger partial charge is 0.343 e. The topological polar surface area (TPSA) is 105 Å². The highest BCUT2D eigenvalue weighted by molar-refractivity contribution is 6.30. The largest absolute Gasteiger partial charge is 0.507 e. The zero-order chi connectivity index (χ0) is 22.2. The molecule has 0 atom stereocenters. The number of nitrogens with one attached hydrogen (secondary N) is 2. The Kier molecular flexibility index (Phi) is 7.03. The Morgan fingerprint density at radius 1 is 0.871 bits per heavy atom. The molecule has 7 nitrogen and oxygen atoms in total.